The van der Waals surface area contributed by atoms with Crippen LogP contribution in [0.25, 0.3) is 0 Å². The fraction of sp³-hybridized carbons (Fsp3) is 0.593. The molecule has 1 aromatic carbocycles. The SMILES string of the molecule is O=C(CN1CCCC(c2cc(=O)n3c(n2)CCCCC3)C1)N1CCCC(c2ccccc2)C1. The summed E-state index contributed by atoms with van der Waals surface area (Å²) in [7, 11) is 0. The minimum absolute atomic E-state index is 0.102. The molecule has 176 valence electrons. The molecule has 6 nitrogen and oxygen atoms in total. The van der Waals surface area contributed by atoms with Gasteiger partial charge in [0, 0.05) is 50.5 Å². The van der Waals surface area contributed by atoms with E-state index in [2.05, 4.69) is 40.1 Å². The van der Waals surface area contributed by atoms with E-state index in [1.54, 1.807) is 6.07 Å². The highest BCUT2D eigenvalue weighted by Crippen LogP contribution is 2.28. The highest BCUT2D eigenvalue weighted by Gasteiger charge is 2.29. The van der Waals surface area contributed by atoms with Gasteiger partial charge in [0.15, 0.2) is 0 Å². The normalized spacial score (nSPS) is 24.2. The van der Waals surface area contributed by atoms with Crippen LogP contribution in [0.4, 0.5) is 0 Å². The first kappa shape index (κ1) is 22.3. The van der Waals surface area contributed by atoms with Crippen LogP contribution in [0.3, 0.4) is 0 Å². The summed E-state index contributed by atoms with van der Waals surface area (Å²) in [5.74, 6) is 1.89. The van der Waals surface area contributed by atoms with E-state index in [9.17, 15) is 9.59 Å². The maximum absolute atomic E-state index is 13.2. The number of aromatic nitrogens is 2. The zero-order valence-corrected chi connectivity index (χ0v) is 19.6. The number of likely N-dealkylation sites (tertiary alicyclic amines) is 2. The van der Waals surface area contributed by atoms with Gasteiger partial charge < -0.3 is 4.90 Å². The molecule has 2 aromatic rings. The molecule has 0 spiro atoms. The molecule has 4 heterocycles. The van der Waals surface area contributed by atoms with E-state index >= 15 is 0 Å². The quantitative estimate of drug-likeness (QED) is 0.718. The molecule has 2 fully saturated rings. The fourth-order valence-corrected chi connectivity index (χ4v) is 5.88. The summed E-state index contributed by atoms with van der Waals surface area (Å²) in [5.41, 5.74) is 2.38. The molecule has 2 unspecified atom stereocenters. The van der Waals surface area contributed by atoms with E-state index in [0.717, 1.165) is 89.2 Å². The van der Waals surface area contributed by atoms with E-state index in [4.69, 9.17) is 4.98 Å². The van der Waals surface area contributed by atoms with Crippen molar-refractivity contribution in [2.24, 2.45) is 0 Å². The summed E-state index contributed by atoms with van der Waals surface area (Å²) < 4.78 is 1.88. The van der Waals surface area contributed by atoms with Crippen LogP contribution in [0.2, 0.25) is 0 Å². The van der Waals surface area contributed by atoms with Gasteiger partial charge in [0.25, 0.3) is 5.56 Å². The molecule has 2 atom stereocenters. The van der Waals surface area contributed by atoms with E-state index in [1.165, 1.54) is 12.0 Å². The average Bonchev–Trinajstić information content (AvgIpc) is 3.11. The Morgan fingerprint density at radius 1 is 0.909 bits per heavy atom. The number of hydrogen-bond acceptors (Lipinski definition) is 4. The summed E-state index contributed by atoms with van der Waals surface area (Å²) in [5, 5.41) is 0. The molecule has 6 heteroatoms. The average molecular weight is 449 g/mol. The van der Waals surface area contributed by atoms with Gasteiger partial charge in [-0.15, -0.1) is 0 Å². The molecule has 0 aliphatic carbocycles. The van der Waals surface area contributed by atoms with Crippen LogP contribution in [0.5, 0.6) is 0 Å². The van der Waals surface area contributed by atoms with Gasteiger partial charge in [0.1, 0.15) is 5.82 Å². The van der Waals surface area contributed by atoms with Crippen molar-refractivity contribution in [3.05, 3.63) is 63.8 Å². The summed E-state index contributed by atoms with van der Waals surface area (Å²) >= 11 is 0. The van der Waals surface area contributed by atoms with E-state index in [1.807, 2.05) is 4.57 Å². The van der Waals surface area contributed by atoms with E-state index < -0.39 is 0 Å². The summed E-state index contributed by atoms with van der Waals surface area (Å²) in [6, 6.07) is 12.4. The van der Waals surface area contributed by atoms with Crippen LogP contribution in [-0.2, 0) is 17.8 Å². The van der Waals surface area contributed by atoms with Crippen molar-refractivity contribution in [3.63, 3.8) is 0 Å². The van der Waals surface area contributed by atoms with Gasteiger partial charge >= 0.3 is 0 Å². The van der Waals surface area contributed by atoms with Gasteiger partial charge in [-0.2, -0.15) is 0 Å². The molecule has 3 aliphatic rings. The minimum atomic E-state index is 0.102. The molecule has 0 saturated carbocycles. The number of carbonyl (C=O) groups is 1. The van der Waals surface area contributed by atoms with Crippen LogP contribution in [0.15, 0.2) is 41.2 Å². The first-order chi connectivity index (χ1) is 16.2. The van der Waals surface area contributed by atoms with Crippen molar-refractivity contribution in [2.45, 2.75) is 69.7 Å². The Morgan fingerprint density at radius 2 is 1.73 bits per heavy atom. The third-order valence-electron chi connectivity index (χ3n) is 7.72. The number of benzene rings is 1. The molecule has 0 N–H and O–H groups in total. The number of carbonyl (C=O) groups excluding carboxylic acids is 1. The van der Waals surface area contributed by atoms with Crippen LogP contribution in [0, 0.1) is 0 Å². The van der Waals surface area contributed by atoms with Crippen molar-refractivity contribution < 1.29 is 4.79 Å². The van der Waals surface area contributed by atoms with Crippen molar-refractivity contribution in [1.82, 2.24) is 19.4 Å². The lowest BCUT2D eigenvalue weighted by Crippen LogP contribution is -2.46. The van der Waals surface area contributed by atoms with E-state index in [0.29, 0.717) is 12.5 Å². The zero-order chi connectivity index (χ0) is 22.6. The molecular weight excluding hydrogens is 412 g/mol. The van der Waals surface area contributed by atoms with Crippen molar-refractivity contribution in [1.29, 1.82) is 0 Å². The first-order valence-electron chi connectivity index (χ1n) is 12.8. The number of amides is 1. The number of nitrogens with zero attached hydrogens (tertiary/aromatic N) is 4. The number of aryl methyl sites for hydroxylation is 1. The van der Waals surface area contributed by atoms with Crippen molar-refractivity contribution >= 4 is 5.91 Å². The first-order valence-corrected chi connectivity index (χ1v) is 12.8. The van der Waals surface area contributed by atoms with Gasteiger partial charge in [-0.3, -0.25) is 19.1 Å². The lowest BCUT2D eigenvalue weighted by molar-refractivity contribution is -0.134. The number of piperidine rings is 2. The van der Waals surface area contributed by atoms with Gasteiger partial charge in [-0.05, 0) is 50.6 Å². The topological polar surface area (TPSA) is 58.4 Å². The van der Waals surface area contributed by atoms with Crippen LogP contribution >= 0.6 is 0 Å². The molecule has 0 bridgehead atoms. The maximum Gasteiger partial charge on any atom is 0.253 e. The molecular formula is C27H36N4O2. The minimum Gasteiger partial charge on any atom is -0.341 e. The molecule has 1 amide bonds. The zero-order valence-electron chi connectivity index (χ0n) is 19.6. The number of rotatable bonds is 4. The predicted octanol–water partition coefficient (Wildman–Crippen LogP) is 3.56. The smallest absolute Gasteiger partial charge is 0.253 e. The van der Waals surface area contributed by atoms with Gasteiger partial charge in [-0.25, -0.2) is 4.98 Å². The molecule has 1 aromatic heterocycles. The second kappa shape index (κ2) is 10.2. The third-order valence-corrected chi connectivity index (χ3v) is 7.72. The van der Waals surface area contributed by atoms with Crippen LogP contribution in [-0.4, -0.2) is 58.0 Å². The molecule has 0 radical (unpaired) electrons. The van der Waals surface area contributed by atoms with Crippen LogP contribution in [0.1, 0.15) is 73.9 Å². The predicted molar refractivity (Wildman–Crippen MR) is 129 cm³/mol. The van der Waals surface area contributed by atoms with Crippen molar-refractivity contribution in [3.8, 4) is 0 Å². The lowest BCUT2D eigenvalue weighted by atomic mass is 9.90. The van der Waals surface area contributed by atoms with Crippen LogP contribution < -0.4 is 5.56 Å². The monoisotopic (exact) mass is 448 g/mol. The van der Waals surface area contributed by atoms with E-state index in [-0.39, 0.29) is 17.4 Å². The summed E-state index contributed by atoms with van der Waals surface area (Å²) in [6.45, 7) is 4.72. The largest absolute Gasteiger partial charge is 0.341 e. The van der Waals surface area contributed by atoms with Gasteiger partial charge in [0.05, 0.1) is 12.2 Å². The Kier molecular flexibility index (Phi) is 6.91. The second-order valence-corrected chi connectivity index (χ2v) is 10.1. The Balaban J connectivity index is 1.22. The van der Waals surface area contributed by atoms with Gasteiger partial charge in [-0.1, -0.05) is 36.8 Å². The molecule has 33 heavy (non-hydrogen) atoms. The summed E-state index contributed by atoms with van der Waals surface area (Å²) in [4.78, 5) is 35.2. The fourth-order valence-electron chi connectivity index (χ4n) is 5.88. The molecule has 3 aliphatic heterocycles. The Morgan fingerprint density at radius 3 is 2.61 bits per heavy atom. The molecule has 5 rings (SSSR count). The maximum atomic E-state index is 13.2. The Bertz CT molecular complexity index is 1020. The highest BCUT2D eigenvalue weighted by molar-refractivity contribution is 5.78. The Labute approximate surface area is 196 Å². The molecule has 2 saturated heterocycles. The summed E-state index contributed by atoms with van der Waals surface area (Å²) in [6.07, 6.45) is 8.55. The second-order valence-electron chi connectivity index (χ2n) is 10.1. The third kappa shape index (κ3) is 5.21. The van der Waals surface area contributed by atoms with Crippen molar-refractivity contribution in [2.75, 3.05) is 32.7 Å². The van der Waals surface area contributed by atoms with Gasteiger partial charge in [0.2, 0.25) is 5.91 Å². The standard InChI is InChI=1S/C27H36N4O2/c32-26-17-24(28-25-13-5-2-6-16-31(25)26)23-12-7-14-29(18-23)20-27(33)30-15-8-11-22(19-30)21-9-3-1-4-10-21/h1,3-4,9-10,17,22-23H,2,5-8,11-16,18-20H2. The Hall–Kier alpha value is -2.47. The number of fused-ring (bicyclic) bond motifs is 1. The highest BCUT2D eigenvalue weighted by atomic mass is 16.2. The number of hydrogen-bond donors (Lipinski definition) is 0. The lowest BCUT2D eigenvalue weighted by Gasteiger charge is -2.36.